The van der Waals surface area contributed by atoms with E-state index in [-0.39, 0.29) is 25.5 Å². The molecule has 0 spiro atoms. The SMILES string of the molecule is COC(=O)N[C@H](C(=O)N1CC(COc2cccc(-c3ccsc3)n2)C[C@H]1C(=O)O)C(C)(C)C. The van der Waals surface area contributed by atoms with Crippen molar-refractivity contribution >= 4 is 29.3 Å². The third-order valence-corrected chi connectivity index (χ3v) is 6.21. The Balaban J connectivity index is 1.70. The Hall–Kier alpha value is -3.14. The highest BCUT2D eigenvalue weighted by Gasteiger charge is 2.45. The molecule has 0 bridgehead atoms. The lowest BCUT2D eigenvalue weighted by Gasteiger charge is -2.34. The third-order valence-electron chi connectivity index (χ3n) is 5.52. The number of carboxylic acid groups (broad SMARTS) is 1. The second kappa shape index (κ2) is 10.2. The Labute approximate surface area is 196 Å². The van der Waals surface area contributed by atoms with E-state index in [2.05, 4.69) is 15.0 Å². The molecule has 1 aliphatic rings. The topological polar surface area (TPSA) is 118 Å². The zero-order chi connectivity index (χ0) is 24.2. The number of pyridine rings is 1. The van der Waals surface area contributed by atoms with Crippen LogP contribution in [0.5, 0.6) is 5.88 Å². The number of hydrogen-bond donors (Lipinski definition) is 2. The number of aliphatic carboxylic acids is 1. The molecule has 33 heavy (non-hydrogen) atoms. The van der Waals surface area contributed by atoms with Crippen molar-refractivity contribution in [2.24, 2.45) is 11.3 Å². The Morgan fingerprint density at radius 2 is 2.06 bits per heavy atom. The van der Waals surface area contributed by atoms with Crippen LogP contribution in [0.3, 0.4) is 0 Å². The predicted molar refractivity (Wildman–Crippen MR) is 123 cm³/mol. The monoisotopic (exact) mass is 475 g/mol. The van der Waals surface area contributed by atoms with Gasteiger partial charge in [-0.3, -0.25) is 4.79 Å². The van der Waals surface area contributed by atoms with Gasteiger partial charge in [0.25, 0.3) is 0 Å². The van der Waals surface area contributed by atoms with E-state index >= 15 is 0 Å². The maximum absolute atomic E-state index is 13.3. The van der Waals surface area contributed by atoms with Gasteiger partial charge in [0.15, 0.2) is 0 Å². The Morgan fingerprint density at radius 1 is 1.30 bits per heavy atom. The lowest BCUT2D eigenvalue weighted by molar-refractivity contribution is -0.150. The minimum atomic E-state index is -1.09. The van der Waals surface area contributed by atoms with Crippen LogP contribution in [-0.2, 0) is 14.3 Å². The molecule has 3 atom stereocenters. The Kier molecular flexibility index (Phi) is 7.57. The van der Waals surface area contributed by atoms with Crippen LogP contribution < -0.4 is 10.1 Å². The van der Waals surface area contributed by atoms with Crippen molar-refractivity contribution in [1.82, 2.24) is 15.2 Å². The number of carbonyl (C=O) groups is 3. The van der Waals surface area contributed by atoms with Gasteiger partial charge in [-0.2, -0.15) is 11.3 Å². The molecule has 9 nitrogen and oxygen atoms in total. The zero-order valence-electron chi connectivity index (χ0n) is 19.1. The second-order valence-corrected chi connectivity index (χ2v) is 9.85. The molecule has 3 rings (SSSR count). The Morgan fingerprint density at radius 3 is 2.67 bits per heavy atom. The smallest absolute Gasteiger partial charge is 0.407 e. The molecular weight excluding hydrogens is 446 g/mol. The van der Waals surface area contributed by atoms with Crippen molar-refractivity contribution in [3.63, 3.8) is 0 Å². The number of likely N-dealkylation sites (tertiary alicyclic amines) is 1. The highest BCUT2D eigenvalue weighted by atomic mass is 32.1. The highest BCUT2D eigenvalue weighted by molar-refractivity contribution is 7.08. The number of carbonyl (C=O) groups excluding carboxylic acids is 2. The molecule has 2 N–H and O–H groups in total. The minimum Gasteiger partial charge on any atom is -0.480 e. The maximum atomic E-state index is 13.3. The van der Waals surface area contributed by atoms with E-state index in [1.807, 2.05) is 29.0 Å². The van der Waals surface area contributed by atoms with E-state index in [0.717, 1.165) is 11.3 Å². The average Bonchev–Trinajstić information content (AvgIpc) is 3.45. The van der Waals surface area contributed by atoms with Crippen molar-refractivity contribution < 1.29 is 29.0 Å². The number of nitrogens with zero attached hydrogens (tertiary/aromatic N) is 2. The number of ether oxygens (including phenoxy) is 2. The van der Waals surface area contributed by atoms with Gasteiger partial charge in [-0.25, -0.2) is 14.6 Å². The van der Waals surface area contributed by atoms with Gasteiger partial charge in [0, 0.05) is 29.5 Å². The molecule has 2 aromatic rings. The van der Waals surface area contributed by atoms with Crippen molar-refractivity contribution in [2.75, 3.05) is 20.3 Å². The summed E-state index contributed by atoms with van der Waals surface area (Å²) in [5.41, 5.74) is 1.15. The maximum Gasteiger partial charge on any atom is 0.407 e. The summed E-state index contributed by atoms with van der Waals surface area (Å²) in [6, 6.07) is 5.54. The van der Waals surface area contributed by atoms with Crippen LogP contribution in [-0.4, -0.2) is 65.3 Å². The van der Waals surface area contributed by atoms with Crippen LogP contribution in [0.1, 0.15) is 27.2 Å². The number of aromatic nitrogens is 1. The lowest BCUT2D eigenvalue weighted by Crippen LogP contribution is -2.56. The van der Waals surface area contributed by atoms with Gasteiger partial charge in [0.05, 0.1) is 19.4 Å². The van der Waals surface area contributed by atoms with Crippen LogP contribution >= 0.6 is 11.3 Å². The van der Waals surface area contributed by atoms with E-state index in [4.69, 9.17) is 4.74 Å². The van der Waals surface area contributed by atoms with Crippen LogP contribution in [0.25, 0.3) is 11.3 Å². The van der Waals surface area contributed by atoms with Gasteiger partial charge in [-0.15, -0.1) is 0 Å². The molecule has 0 aromatic carbocycles. The van der Waals surface area contributed by atoms with Crippen LogP contribution in [0.2, 0.25) is 0 Å². The molecule has 178 valence electrons. The van der Waals surface area contributed by atoms with E-state index in [9.17, 15) is 19.5 Å². The molecule has 10 heteroatoms. The van der Waals surface area contributed by atoms with Crippen molar-refractivity contribution in [2.45, 2.75) is 39.3 Å². The highest BCUT2D eigenvalue weighted by Crippen LogP contribution is 2.29. The average molecular weight is 476 g/mol. The Bertz CT molecular complexity index is 988. The number of rotatable bonds is 7. The van der Waals surface area contributed by atoms with Crippen molar-refractivity contribution in [3.05, 3.63) is 35.0 Å². The first kappa shape index (κ1) is 24.5. The summed E-state index contributed by atoms with van der Waals surface area (Å²) in [5.74, 6) is -1.30. The number of thiophene rings is 1. The predicted octanol–water partition coefficient (Wildman–Crippen LogP) is 3.26. The van der Waals surface area contributed by atoms with Crippen LogP contribution in [0.15, 0.2) is 35.0 Å². The summed E-state index contributed by atoms with van der Waals surface area (Å²) >= 11 is 1.58. The molecule has 1 aliphatic heterocycles. The largest absolute Gasteiger partial charge is 0.480 e. The van der Waals surface area contributed by atoms with Crippen molar-refractivity contribution in [1.29, 1.82) is 0 Å². The number of carboxylic acids is 1. The molecule has 1 fully saturated rings. The van der Waals surface area contributed by atoms with Gasteiger partial charge in [-0.1, -0.05) is 26.8 Å². The normalized spacial score (nSPS) is 19.1. The van der Waals surface area contributed by atoms with Crippen LogP contribution in [0, 0.1) is 11.3 Å². The van der Waals surface area contributed by atoms with Gasteiger partial charge in [0.2, 0.25) is 11.8 Å². The first-order valence-electron chi connectivity index (χ1n) is 10.6. The fraction of sp³-hybridized carbons (Fsp3) is 0.478. The van der Waals surface area contributed by atoms with Gasteiger partial charge >= 0.3 is 12.1 Å². The molecule has 0 aliphatic carbocycles. The number of methoxy groups -OCH3 is 1. The summed E-state index contributed by atoms with van der Waals surface area (Å²) in [4.78, 5) is 42.8. The summed E-state index contributed by atoms with van der Waals surface area (Å²) < 4.78 is 10.5. The molecule has 3 heterocycles. The molecule has 2 aromatic heterocycles. The molecular formula is C23H29N3O6S. The van der Waals surface area contributed by atoms with Gasteiger partial charge < -0.3 is 24.8 Å². The van der Waals surface area contributed by atoms with E-state index in [1.54, 1.807) is 38.2 Å². The fourth-order valence-electron chi connectivity index (χ4n) is 3.78. The van der Waals surface area contributed by atoms with Crippen molar-refractivity contribution in [3.8, 4) is 17.1 Å². The minimum absolute atomic E-state index is 0.194. The standard InChI is InChI=1S/C23H29N3O6S/c1-23(2,3)19(25-22(30)31-4)20(27)26-11-14(10-17(26)21(28)29)12-32-18-7-5-6-16(24-18)15-8-9-33-13-15/h5-9,13-14,17,19H,10-12H2,1-4H3,(H,25,30)(H,28,29)/t14?,17-,19+/m0/s1. The summed E-state index contributed by atoms with van der Waals surface area (Å²) in [5, 5.41) is 16.3. The third kappa shape index (κ3) is 6.01. The number of nitrogens with one attached hydrogen (secondary N) is 1. The quantitative estimate of drug-likeness (QED) is 0.631. The molecule has 1 saturated heterocycles. The second-order valence-electron chi connectivity index (χ2n) is 9.07. The fourth-order valence-corrected chi connectivity index (χ4v) is 4.43. The summed E-state index contributed by atoms with van der Waals surface area (Å²) in [6.07, 6.45) is -0.494. The van der Waals surface area contributed by atoms with E-state index < -0.39 is 35.5 Å². The summed E-state index contributed by atoms with van der Waals surface area (Å²) in [7, 11) is 1.21. The number of alkyl carbamates (subject to hydrolysis) is 1. The molecule has 2 amide bonds. The number of amides is 2. The van der Waals surface area contributed by atoms with Gasteiger partial charge in [0.1, 0.15) is 12.1 Å². The zero-order valence-corrected chi connectivity index (χ0v) is 19.9. The van der Waals surface area contributed by atoms with Gasteiger partial charge in [-0.05, 0) is 29.3 Å². The van der Waals surface area contributed by atoms with Crippen LogP contribution in [0.4, 0.5) is 4.79 Å². The molecule has 1 unspecified atom stereocenters. The van der Waals surface area contributed by atoms with E-state index in [1.165, 1.54) is 12.0 Å². The first-order valence-corrected chi connectivity index (χ1v) is 11.5. The molecule has 0 saturated carbocycles. The van der Waals surface area contributed by atoms with E-state index in [0.29, 0.717) is 5.88 Å². The lowest BCUT2D eigenvalue weighted by atomic mass is 9.85. The summed E-state index contributed by atoms with van der Waals surface area (Å²) in [6.45, 7) is 5.81. The number of hydrogen-bond acceptors (Lipinski definition) is 7. The first-order chi connectivity index (χ1) is 15.6. The molecule has 0 radical (unpaired) electrons.